The number of hydrogen-bond acceptors (Lipinski definition) is 4. The largest absolute Gasteiger partial charge is 0.497 e. The zero-order valence-electron chi connectivity index (χ0n) is 19.4. The molecule has 0 bridgehead atoms. The Kier molecular flexibility index (Phi) is 7.45. The van der Waals surface area contributed by atoms with Gasteiger partial charge >= 0.3 is 5.97 Å². The molecule has 4 rings (SSSR count). The smallest absolute Gasteiger partial charge is 0.329 e. The van der Waals surface area contributed by atoms with Gasteiger partial charge in [0.2, 0.25) is 0 Å². The Morgan fingerprint density at radius 3 is 2.42 bits per heavy atom. The van der Waals surface area contributed by atoms with E-state index < -0.39 is 5.97 Å². The van der Waals surface area contributed by atoms with Gasteiger partial charge in [0, 0.05) is 23.4 Å². The first-order valence-electron chi connectivity index (χ1n) is 11.6. The summed E-state index contributed by atoms with van der Waals surface area (Å²) in [7, 11) is 1.68. The van der Waals surface area contributed by atoms with Crippen molar-refractivity contribution in [1.82, 2.24) is 9.78 Å². The summed E-state index contributed by atoms with van der Waals surface area (Å²) in [4.78, 5) is 10.7. The van der Waals surface area contributed by atoms with Crippen molar-refractivity contribution in [2.75, 3.05) is 20.3 Å². The van der Waals surface area contributed by atoms with Crippen molar-refractivity contribution >= 4 is 5.97 Å². The first-order chi connectivity index (χ1) is 16.0. The van der Waals surface area contributed by atoms with E-state index in [4.69, 9.17) is 19.7 Å². The zero-order chi connectivity index (χ0) is 23.2. The molecule has 1 aliphatic carbocycles. The molecule has 0 spiro atoms. The molecule has 1 aromatic heterocycles. The van der Waals surface area contributed by atoms with Crippen LogP contribution >= 0.6 is 0 Å². The second-order valence-electron chi connectivity index (χ2n) is 8.88. The minimum Gasteiger partial charge on any atom is -0.497 e. The second kappa shape index (κ2) is 10.7. The van der Waals surface area contributed by atoms with Crippen LogP contribution in [-0.4, -0.2) is 41.2 Å². The molecule has 1 N–H and O–H groups in total. The minimum absolute atomic E-state index is 0.207. The average Bonchev–Trinajstić information content (AvgIpc) is 3.16. The molecule has 3 aromatic rings. The van der Waals surface area contributed by atoms with E-state index >= 15 is 0 Å². The molecule has 6 nitrogen and oxygen atoms in total. The maximum atomic E-state index is 10.7. The number of carbonyl (C=O) groups is 1. The maximum absolute atomic E-state index is 10.7. The fraction of sp³-hybridized carbons (Fsp3) is 0.407. The van der Waals surface area contributed by atoms with E-state index in [0.29, 0.717) is 18.4 Å². The Balaban J connectivity index is 1.53. The number of nitrogens with zero attached hydrogens (tertiary/aromatic N) is 2. The van der Waals surface area contributed by atoms with Crippen LogP contribution in [0.3, 0.4) is 0 Å². The lowest BCUT2D eigenvalue weighted by Gasteiger charge is -2.28. The third kappa shape index (κ3) is 5.63. The quantitative estimate of drug-likeness (QED) is 0.472. The topological polar surface area (TPSA) is 73.6 Å². The van der Waals surface area contributed by atoms with Crippen LogP contribution in [0.5, 0.6) is 5.75 Å². The molecule has 0 radical (unpaired) electrons. The molecule has 0 amide bonds. The van der Waals surface area contributed by atoms with Gasteiger partial charge in [-0.3, -0.25) is 4.68 Å². The number of benzene rings is 2. The molecule has 174 valence electrons. The summed E-state index contributed by atoms with van der Waals surface area (Å²) < 4.78 is 12.9. The van der Waals surface area contributed by atoms with Gasteiger partial charge < -0.3 is 14.6 Å². The summed E-state index contributed by atoms with van der Waals surface area (Å²) in [5.74, 6) is 0.925. The summed E-state index contributed by atoms with van der Waals surface area (Å²) >= 11 is 0. The van der Waals surface area contributed by atoms with E-state index in [1.54, 1.807) is 7.11 Å². The van der Waals surface area contributed by atoms with Crippen LogP contribution in [0.2, 0.25) is 0 Å². The first-order valence-corrected chi connectivity index (χ1v) is 11.6. The van der Waals surface area contributed by atoms with Gasteiger partial charge in [-0.2, -0.15) is 5.10 Å². The number of ether oxygens (including phenoxy) is 2. The van der Waals surface area contributed by atoms with Gasteiger partial charge in [-0.05, 0) is 62.1 Å². The molecule has 1 saturated carbocycles. The lowest BCUT2D eigenvalue weighted by molar-refractivity contribution is -0.142. The van der Waals surface area contributed by atoms with E-state index in [1.165, 1.54) is 16.8 Å². The Bertz CT molecular complexity index is 1070. The lowest BCUT2D eigenvalue weighted by Crippen LogP contribution is -2.23. The minimum atomic E-state index is -0.904. The molecular weight excluding hydrogens is 416 g/mol. The van der Waals surface area contributed by atoms with Gasteiger partial charge in [-0.15, -0.1) is 0 Å². The lowest BCUT2D eigenvalue weighted by atomic mass is 9.82. The maximum Gasteiger partial charge on any atom is 0.329 e. The normalized spacial score (nSPS) is 18.2. The summed E-state index contributed by atoms with van der Waals surface area (Å²) in [5, 5.41) is 13.8. The summed E-state index contributed by atoms with van der Waals surface area (Å²) in [6.45, 7) is 3.38. The Morgan fingerprint density at radius 2 is 1.73 bits per heavy atom. The van der Waals surface area contributed by atoms with E-state index in [2.05, 4.69) is 41.9 Å². The number of aromatic nitrogens is 2. The number of methoxy groups -OCH3 is 1. The molecule has 0 aliphatic heterocycles. The van der Waals surface area contributed by atoms with Crippen molar-refractivity contribution in [2.24, 2.45) is 11.8 Å². The molecule has 1 fully saturated rings. The van der Waals surface area contributed by atoms with Crippen LogP contribution in [0.1, 0.15) is 31.4 Å². The standard InChI is InChI=1S/C27H32N2O4/c1-19-26(22-7-4-3-5-8-22)27(23-9-6-10-24(15-23)32-2)28-29(19)16-20-11-13-21(14-12-20)17-33-18-25(30)31/h3-10,15,20-21H,11-14,16-18H2,1-2H3,(H,30,31)/t20-,21-. The van der Waals surface area contributed by atoms with E-state index in [-0.39, 0.29) is 6.61 Å². The molecule has 2 aromatic carbocycles. The van der Waals surface area contributed by atoms with Crippen molar-refractivity contribution in [2.45, 2.75) is 39.2 Å². The fourth-order valence-corrected chi connectivity index (χ4v) is 4.78. The molecule has 33 heavy (non-hydrogen) atoms. The number of hydrogen-bond donors (Lipinski definition) is 1. The van der Waals surface area contributed by atoms with Crippen LogP contribution in [0.4, 0.5) is 0 Å². The highest BCUT2D eigenvalue weighted by atomic mass is 16.5. The first kappa shape index (κ1) is 23.1. The van der Waals surface area contributed by atoms with Crippen LogP contribution in [0.15, 0.2) is 54.6 Å². The molecule has 1 heterocycles. The Labute approximate surface area is 195 Å². The number of rotatable bonds is 9. The van der Waals surface area contributed by atoms with Gasteiger partial charge in [0.1, 0.15) is 18.1 Å². The zero-order valence-corrected chi connectivity index (χ0v) is 19.4. The van der Waals surface area contributed by atoms with Gasteiger partial charge in [0.05, 0.1) is 13.7 Å². The molecule has 1 aliphatic rings. The van der Waals surface area contributed by atoms with Crippen molar-refractivity contribution in [3.05, 3.63) is 60.3 Å². The van der Waals surface area contributed by atoms with Gasteiger partial charge in [-0.1, -0.05) is 42.5 Å². The molecule has 0 atom stereocenters. The van der Waals surface area contributed by atoms with Gasteiger partial charge in [-0.25, -0.2) is 4.79 Å². The highest BCUT2D eigenvalue weighted by Gasteiger charge is 2.25. The van der Waals surface area contributed by atoms with E-state index in [9.17, 15) is 4.79 Å². The summed E-state index contributed by atoms with van der Waals surface area (Å²) in [5.41, 5.74) is 5.53. The predicted octanol–water partition coefficient (Wildman–Crippen LogP) is 5.44. The number of carboxylic acid groups (broad SMARTS) is 1. The monoisotopic (exact) mass is 448 g/mol. The van der Waals surface area contributed by atoms with E-state index in [1.807, 2.05) is 24.3 Å². The Morgan fingerprint density at radius 1 is 1.03 bits per heavy atom. The SMILES string of the molecule is COc1cccc(-c2nn(C[C@H]3CC[C@H](COCC(=O)O)CC3)c(C)c2-c2ccccc2)c1. The van der Waals surface area contributed by atoms with Crippen LogP contribution in [0, 0.1) is 18.8 Å². The predicted molar refractivity (Wildman–Crippen MR) is 128 cm³/mol. The van der Waals surface area contributed by atoms with Crippen LogP contribution < -0.4 is 4.74 Å². The molecule has 6 heteroatoms. The highest BCUT2D eigenvalue weighted by Crippen LogP contribution is 2.37. The second-order valence-corrected chi connectivity index (χ2v) is 8.88. The van der Waals surface area contributed by atoms with Crippen molar-refractivity contribution in [3.8, 4) is 28.1 Å². The van der Waals surface area contributed by atoms with E-state index in [0.717, 1.165) is 49.2 Å². The number of carboxylic acids is 1. The molecular formula is C27H32N2O4. The van der Waals surface area contributed by atoms with Crippen molar-refractivity contribution in [1.29, 1.82) is 0 Å². The molecule has 0 saturated heterocycles. The van der Waals surface area contributed by atoms with Gasteiger partial charge in [0.25, 0.3) is 0 Å². The molecule has 0 unspecified atom stereocenters. The van der Waals surface area contributed by atoms with Crippen LogP contribution in [0.25, 0.3) is 22.4 Å². The van der Waals surface area contributed by atoms with Crippen molar-refractivity contribution in [3.63, 3.8) is 0 Å². The third-order valence-electron chi connectivity index (χ3n) is 6.59. The Hall–Kier alpha value is -3.12. The summed E-state index contributed by atoms with van der Waals surface area (Å²) in [6, 6.07) is 18.5. The summed E-state index contributed by atoms with van der Waals surface area (Å²) in [6.07, 6.45) is 4.35. The van der Waals surface area contributed by atoms with Gasteiger partial charge in [0.15, 0.2) is 0 Å². The fourth-order valence-electron chi connectivity index (χ4n) is 4.78. The highest BCUT2D eigenvalue weighted by molar-refractivity contribution is 5.83. The van der Waals surface area contributed by atoms with Crippen molar-refractivity contribution < 1.29 is 19.4 Å². The third-order valence-corrected chi connectivity index (χ3v) is 6.59. The van der Waals surface area contributed by atoms with Crippen LogP contribution in [-0.2, 0) is 16.1 Å². The average molecular weight is 449 g/mol. The number of aliphatic carboxylic acids is 1.